The van der Waals surface area contributed by atoms with Gasteiger partial charge in [0.05, 0.1) is 0 Å². The van der Waals surface area contributed by atoms with Gasteiger partial charge in [0.25, 0.3) is 0 Å². The zero-order valence-corrected chi connectivity index (χ0v) is 29.3. The summed E-state index contributed by atoms with van der Waals surface area (Å²) in [6, 6.07) is 80.8. The van der Waals surface area contributed by atoms with Crippen molar-refractivity contribution >= 4 is 22.3 Å². The quantitative estimate of drug-likeness (QED) is 0.131. The van der Waals surface area contributed by atoms with E-state index in [1.165, 1.54) is 44.5 Å². The third kappa shape index (κ3) is 7.56. The van der Waals surface area contributed by atoms with Crippen LogP contribution >= 0.6 is 0 Å². The van der Waals surface area contributed by atoms with Crippen LogP contribution in [0.5, 0.6) is 11.5 Å². The lowest BCUT2D eigenvalue weighted by molar-refractivity contribution is 0.482. The third-order valence-electron chi connectivity index (χ3n) is 9.40. The molecule has 8 aromatic rings. The predicted molar refractivity (Wildman–Crippen MR) is 222 cm³/mol. The van der Waals surface area contributed by atoms with Crippen LogP contribution in [0.1, 0.15) is 44.5 Å². The van der Waals surface area contributed by atoms with Gasteiger partial charge in [-0.2, -0.15) is 0 Å². The first kappa shape index (κ1) is 33.2. The van der Waals surface area contributed by atoms with E-state index in [2.05, 4.69) is 231 Å². The first-order valence-electron chi connectivity index (χ1n) is 18.0. The molecule has 0 saturated carbocycles. The van der Waals surface area contributed by atoms with Gasteiger partial charge in [-0.1, -0.05) is 206 Å². The van der Waals surface area contributed by atoms with Crippen LogP contribution in [0.4, 0.5) is 0 Å². The number of hydrogen-bond donors (Lipinski definition) is 0. The topological polar surface area (TPSA) is 9.23 Å². The summed E-state index contributed by atoms with van der Waals surface area (Å²) in [6.45, 7) is 0. The summed E-state index contributed by atoms with van der Waals surface area (Å²) in [4.78, 5) is 0. The van der Waals surface area contributed by atoms with Crippen LogP contribution in [-0.4, -0.2) is 0 Å². The highest BCUT2D eigenvalue weighted by Gasteiger charge is 2.18. The van der Waals surface area contributed by atoms with Gasteiger partial charge in [0.2, 0.25) is 0 Å². The lowest BCUT2D eigenvalue weighted by Crippen LogP contribution is -1.98. The number of rotatable bonds is 10. The molecule has 252 valence electrons. The summed E-state index contributed by atoms with van der Waals surface area (Å²) in [5.74, 6) is 1.56. The third-order valence-corrected chi connectivity index (χ3v) is 9.40. The van der Waals surface area contributed by atoms with Crippen LogP contribution in [-0.2, 0) is 0 Å². The molecule has 8 aromatic carbocycles. The van der Waals surface area contributed by atoms with Crippen LogP contribution in [0.3, 0.4) is 0 Å². The minimum atomic E-state index is 0.781. The standard InChI is InChI=1S/C52H38O/c1-7-19-39(20-8-1)49(40-21-9-2-10-22-40)51(43-27-15-5-16-28-43)45-31-35-47(36-32-45)53-48-37-33-46(34-38-48)52(44-29-17-6-18-30-44)50(41-23-11-3-12-24-41)42-25-13-4-14-26-42/h1-38H. The van der Waals surface area contributed by atoms with E-state index in [9.17, 15) is 0 Å². The normalized spacial score (nSPS) is 10.6. The fourth-order valence-corrected chi connectivity index (χ4v) is 6.97. The monoisotopic (exact) mass is 678 g/mol. The molecular weight excluding hydrogens is 641 g/mol. The zero-order valence-electron chi connectivity index (χ0n) is 29.3. The van der Waals surface area contributed by atoms with Crippen molar-refractivity contribution in [2.75, 3.05) is 0 Å². The van der Waals surface area contributed by atoms with Crippen LogP contribution in [0.15, 0.2) is 231 Å². The molecule has 0 atom stereocenters. The molecule has 0 aliphatic heterocycles. The molecule has 0 fully saturated rings. The smallest absolute Gasteiger partial charge is 0.127 e. The zero-order chi connectivity index (χ0) is 35.7. The lowest BCUT2D eigenvalue weighted by atomic mass is 9.86. The summed E-state index contributed by atoms with van der Waals surface area (Å²) in [6.07, 6.45) is 0. The summed E-state index contributed by atoms with van der Waals surface area (Å²) in [5.41, 5.74) is 14.0. The Balaban J connectivity index is 1.16. The molecule has 8 rings (SSSR count). The van der Waals surface area contributed by atoms with Gasteiger partial charge < -0.3 is 4.74 Å². The number of benzene rings is 8. The van der Waals surface area contributed by atoms with Gasteiger partial charge in [-0.3, -0.25) is 0 Å². The van der Waals surface area contributed by atoms with Gasteiger partial charge in [0, 0.05) is 0 Å². The van der Waals surface area contributed by atoms with Crippen molar-refractivity contribution in [3.05, 3.63) is 275 Å². The largest absolute Gasteiger partial charge is 0.457 e. The molecule has 1 heteroatoms. The lowest BCUT2D eigenvalue weighted by Gasteiger charge is -2.19. The van der Waals surface area contributed by atoms with E-state index >= 15 is 0 Å². The highest BCUT2D eigenvalue weighted by molar-refractivity contribution is 6.05. The van der Waals surface area contributed by atoms with Crippen molar-refractivity contribution in [2.45, 2.75) is 0 Å². The summed E-state index contributed by atoms with van der Waals surface area (Å²) in [7, 11) is 0. The van der Waals surface area contributed by atoms with E-state index in [0.717, 1.165) is 33.8 Å². The van der Waals surface area contributed by atoms with Crippen LogP contribution in [0, 0.1) is 0 Å². The molecule has 0 heterocycles. The van der Waals surface area contributed by atoms with Crippen LogP contribution in [0.2, 0.25) is 0 Å². The second-order valence-electron chi connectivity index (χ2n) is 12.8. The Bertz CT molecular complexity index is 2170. The first-order chi connectivity index (χ1) is 26.3. The van der Waals surface area contributed by atoms with Gasteiger partial charge in [-0.15, -0.1) is 0 Å². The van der Waals surface area contributed by atoms with E-state index in [1.54, 1.807) is 0 Å². The second kappa shape index (κ2) is 15.9. The van der Waals surface area contributed by atoms with E-state index in [4.69, 9.17) is 4.74 Å². The molecule has 1 nitrogen and oxygen atoms in total. The van der Waals surface area contributed by atoms with Crippen molar-refractivity contribution in [2.24, 2.45) is 0 Å². The Morgan fingerprint density at radius 2 is 0.358 bits per heavy atom. The molecule has 0 amide bonds. The minimum absolute atomic E-state index is 0.781. The maximum Gasteiger partial charge on any atom is 0.127 e. The fourth-order valence-electron chi connectivity index (χ4n) is 6.97. The number of ether oxygens (including phenoxy) is 1. The van der Waals surface area contributed by atoms with Gasteiger partial charge in [-0.05, 0) is 91.1 Å². The molecule has 0 aliphatic rings. The Hall–Kier alpha value is -6.96. The Labute approximate surface area is 312 Å². The van der Waals surface area contributed by atoms with Gasteiger partial charge in [0.15, 0.2) is 0 Å². The predicted octanol–water partition coefficient (Wildman–Crippen LogP) is 13.5. The van der Waals surface area contributed by atoms with E-state index in [0.29, 0.717) is 0 Å². The Kier molecular flexibility index (Phi) is 9.98. The fraction of sp³-hybridized carbons (Fsp3) is 0. The molecule has 53 heavy (non-hydrogen) atoms. The molecule has 0 radical (unpaired) electrons. The van der Waals surface area contributed by atoms with Crippen LogP contribution in [0.25, 0.3) is 22.3 Å². The average Bonchev–Trinajstić information content (AvgIpc) is 3.24. The molecule has 0 spiro atoms. The van der Waals surface area contributed by atoms with E-state index < -0.39 is 0 Å². The first-order valence-corrected chi connectivity index (χ1v) is 18.0. The molecule has 0 N–H and O–H groups in total. The highest BCUT2D eigenvalue weighted by Crippen LogP contribution is 2.39. The van der Waals surface area contributed by atoms with E-state index in [1.807, 2.05) is 0 Å². The van der Waals surface area contributed by atoms with E-state index in [-0.39, 0.29) is 0 Å². The second-order valence-corrected chi connectivity index (χ2v) is 12.8. The van der Waals surface area contributed by atoms with Gasteiger partial charge >= 0.3 is 0 Å². The molecule has 0 aromatic heterocycles. The molecule has 0 aliphatic carbocycles. The van der Waals surface area contributed by atoms with Crippen molar-refractivity contribution in [1.29, 1.82) is 0 Å². The average molecular weight is 679 g/mol. The molecular formula is C52H38O. The van der Waals surface area contributed by atoms with Crippen molar-refractivity contribution in [3.8, 4) is 11.5 Å². The van der Waals surface area contributed by atoms with Crippen molar-refractivity contribution < 1.29 is 4.74 Å². The summed E-state index contributed by atoms with van der Waals surface area (Å²) in [5, 5.41) is 0. The van der Waals surface area contributed by atoms with Crippen molar-refractivity contribution in [3.63, 3.8) is 0 Å². The van der Waals surface area contributed by atoms with Gasteiger partial charge in [0.1, 0.15) is 11.5 Å². The molecule has 0 unspecified atom stereocenters. The summed E-state index contributed by atoms with van der Waals surface area (Å²) >= 11 is 0. The number of hydrogen-bond acceptors (Lipinski definition) is 1. The maximum absolute atomic E-state index is 6.49. The molecule has 0 saturated heterocycles. The molecule has 0 bridgehead atoms. The van der Waals surface area contributed by atoms with Crippen molar-refractivity contribution in [1.82, 2.24) is 0 Å². The van der Waals surface area contributed by atoms with Gasteiger partial charge in [-0.25, -0.2) is 0 Å². The Morgan fingerprint density at radius 3 is 0.547 bits per heavy atom. The maximum atomic E-state index is 6.49. The highest BCUT2D eigenvalue weighted by atomic mass is 16.5. The van der Waals surface area contributed by atoms with Crippen LogP contribution < -0.4 is 4.74 Å². The SMILES string of the molecule is c1ccc(C(=C(c2ccccc2)c2ccc(Oc3ccc(C(=C(c4ccccc4)c4ccccc4)c4ccccc4)cc3)cc2)c2ccccc2)cc1. The summed E-state index contributed by atoms with van der Waals surface area (Å²) < 4.78 is 6.49. The minimum Gasteiger partial charge on any atom is -0.457 e. The Morgan fingerprint density at radius 1 is 0.189 bits per heavy atom.